The molecule has 180 valence electrons. The molecule has 2 aliphatic heterocycles. The first-order valence-electron chi connectivity index (χ1n) is 11.8. The van der Waals surface area contributed by atoms with Gasteiger partial charge < -0.3 is 24.7 Å². The second-order valence-electron chi connectivity index (χ2n) is 8.48. The molecule has 6 rings (SSSR count). The summed E-state index contributed by atoms with van der Waals surface area (Å²) in [5.41, 5.74) is 5.05. The Balaban J connectivity index is 1.25. The van der Waals surface area contributed by atoms with Crippen LogP contribution in [0, 0.1) is 0 Å². The van der Waals surface area contributed by atoms with E-state index in [4.69, 9.17) is 14.1 Å². The van der Waals surface area contributed by atoms with Crippen molar-refractivity contribution >= 4 is 29.0 Å². The summed E-state index contributed by atoms with van der Waals surface area (Å²) < 4.78 is 11.3. The highest BCUT2D eigenvalue weighted by Crippen LogP contribution is 2.27. The van der Waals surface area contributed by atoms with Crippen molar-refractivity contribution in [2.75, 3.05) is 41.8 Å². The molecule has 0 unspecified atom stereocenters. The number of amides is 1. The molecule has 0 saturated carbocycles. The van der Waals surface area contributed by atoms with Gasteiger partial charge in [-0.2, -0.15) is 0 Å². The lowest BCUT2D eigenvalue weighted by Crippen LogP contribution is -2.36. The van der Waals surface area contributed by atoms with Gasteiger partial charge in [-0.1, -0.05) is 53.6 Å². The highest BCUT2D eigenvalue weighted by atomic mass is 16.5. The number of aliphatic imine (C=N–C) groups is 1. The van der Waals surface area contributed by atoms with E-state index in [2.05, 4.69) is 25.7 Å². The zero-order valence-corrected chi connectivity index (χ0v) is 19.4. The number of rotatable bonds is 5. The molecule has 1 amide bonds. The summed E-state index contributed by atoms with van der Waals surface area (Å²) in [5, 5.41) is 14.2. The first-order chi connectivity index (χ1) is 17.7. The van der Waals surface area contributed by atoms with Crippen molar-refractivity contribution in [3.05, 3.63) is 90.0 Å². The summed E-state index contributed by atoms with van der Waals surface area (Å²) in [6, 6.07) is 25.4. The minimum atomic E-state index is -0.954. The quantitative estimate of drug-likeness (QED) is 0.448. The van der Waals surface area contributed by atoms with E-state index >= 15 is 0 Å². The summed E-state index contributed by atoms with van der Waals surface area (Å²) in [4.78, 5) is 20.1. The zero-order valence-electron chi connectivity index (χ0n) is 19.4. The van der Waals surface area contributed by atoms with Gasteiger partial charge in [0.1, 0.15) is 0 Å². The Kier molecular flexibility index (Phi) is 5.88. The van der Waals surface area contributed by atoms with Crippen LogP contribution in [0.15, 0.2) is 88.3 Å². The van der Waals surface area contributed by atoms with Crippen LogP contribution in [0.5, 0.6) is 0 Å². The molecule has 36 heavy (non-hydrogen) atoms. The topological polar surface area (TPSA) is 105 Å². The maximum Gasteiger partial charge on any atom is 0.317 e. The highest BCUT2D eigenvalue weighted by Gasteiger charge is 2.27. The standard InChI is InChI=1S/C27H24N6O3/c34-25-24(29-23(18-6-2-1-3-7-18)21-8-4-5-9-22(21)28-25)30-27-32-31-26(36-27)19-10-12-20(13-11-19)33-14-16-35-17-15-33/h1-13,24H,14-17H2,(H,28,34)(H,30,32)/t24-/m0/s1. The average molecular weight is 481 g/mol. The lowest BCUT2D eigenvalue weighted by molar-refractivity contribution is -0.116. The molecule has 0 bridgehead atoms. The second-order valence-corrected chi connectivity index (χ2v) is 8.48. The van der Waals surface area contributed by atoms with Crippen LogP contribution in [-0.2, 0) is 9.53 Å². The number of nitrogens with zero attached hydrogens (tertiary/aromatic N) is 4. The van der Waals surface area contributed by atoms with Crippen LogP contribution >= 0.6 is 0 Å². The summed E-state index contributed by atoms with van der Waals surface area (Å²) >= 11 is 0. The van der Waals surface area contributed by atoms with E-state index in [-0.39, 0.29) is 11.9 Å². The molecule has 1 atom stereocenters. The van der Waals surface area contributed by atoms with Gasteiger partial charge in [0.25, 0.3) is 5.91 Å². The van der Waals surface area contributed by atoms with E-state index in [0.717, 1.165) is 48.7 Å². The number of anilines is 3. The fourth-order valence-electron chi connectivity index (χ4n) is 4.33. The molecule has 1 fully saturated rings. The lowest BCUT2D eigenvalue weighted by atomic mass is 10.0. The maximum absolute atomic E-state index is 13.0. The van der Waals surface area contributed by atoms with Crippen LogP contribution in [-0.4, -0.2) is 54.3 Å². The molecular weight excluding hydrogens is 456 g/mol. The minimum Gasteiger partial charge on any atom is -0.403 e. The summed E-state index contributed by atoms with van der Waals surface area (Å²) in [7, 11) is 0. The number of carbonyl (C=O) groups excluding carboxylic acids is 1. The maximum atomic E-state index is 13.0. The van der Waals surface area contributed by atoms with Gasteiger partial charge in [0.2, 0.25) is 12.1 Å². The average Bonchev–Trinajstić information content (AvgIpc) is 3.36. The molecule has 3 aromatic carbocycles. The molecule has 9 nitrogen and oxygen atoms in total. The van der Waals surface area contributed by atoms with Crippen LogP contribution in [0.3, 0.4) is 0 Å². The van der Waals surface area contributed by atoms with Gasteiger partial charge in [0.05, 0.1) is 24.6 Å². The van der Waals surface area contributed by atoms with E-state index < -0.39 is 6.17 Å². The van der Waals surface area contributed by atoms with E-state index in [0.29, 0.717) is 17.3 Å². The normalized spacial score (nSPS) is 17.6. The molecule has 4 aromatic rings. The van der Waals surface area contributed by atoms with Gasteiger partial charge >= 0.3 is 6.01 Å². The molecule has 1 aromatic heterocycles. The first-order valence-corrected chi connectivity index (χ1v) is 11.8. The van der Waals surface area contributed by atoms with Crippen molar-refractivity contribution in [2.45, 2.75) is 6.17 Å². The van der Waals surface area contributed by atoms with Gasteiger partial charge in [-0.15, -0.1) is 5.10 Å². The molecule has 1 saturated heterocycles. The number of benzodiazepines with no additional fused rings is 1. The van der Waals surface area contributed by atoms with Crippen molar-refractivity contribution in [3.63, 3.8) is 0 Å². The third kappa shape index (κ3) is 4.44. The molecule has 0 aliphatic carbocycles. The smallest absolute Gasteiger partial charge is 0.317 e. The Labute approximate surface area is 207 Å². The van der Waals surface area contributed by atoms with Crippen molar-refractivity contribution in [1.29, 1.82) is 0 Å². The van der Waals surface area contributed by atoms with E-state index in [1.165, 1.54) is 0 Å². The lowest BCUT2D eigenvalue weighted by Gasteiger charge is -2.28. The monoisotopic (exact) mass is 480 g/mol. The van der Waals surface area contributed by atoms with E-state index in [1.54, 1.807) is 0 Å². The number of hydrogen-bond donors (Lipinski definition) is 2. The number of nitrogens with one attached hydrogen (secondary N) is 2. The molecular formula is C27H24N6O3. The summed E-state index contributed by atoms with van der Waals surface area (Å²) in [6.45, 7) is 3.20. The molecule has 0 spiro atoms. The summed E-state index contributed by atoms with van der Waals surface area (Å²) in [5.74, 6) is 0.0404. The number of hydrogen-bond acceptors (Lipinski definition) is 8. The SMILES string of the molecule is O=C1Nc2ccccc2C(c2ccccc2)=N[C@H]1Nc1nnc(-c2ccc(N3CCOCC3)cc2)o1. The Morgan fingerprint density at radius 2 is 1.61 bits per heavy atom. The molecule has 9 heteroatoms. The predicted octanol–water partition coefficient (Wildman–Crippen LogP) is 3.80. The molecule has 0 radical (unpaired) electrons. The van der Waals surface area contributed by atoms with Gasteiger partial charge in [-0.25, -0.2) is 4.99 Å². The Morgan fingerprint density at radius 3 is 2.42 bits per heavy atom. The van der Waals surface area contributed by atoms with Crippen LogP contribution in [0.25, 0.3) is 11.5 Å². The van der Waals surface area contributed by atoms with Crippen LogP contribution in [0.1, 0.15) is 11.1 Å². The zero-order chi connectivity index (χ0) is 24.3. The Morgan fingerprint density at radius 1 is 0.861 bits per heavy atom. The van der Waals surface area contributed by atoms with Gasteiger partial charge in [-0.05, 0) is 30.3 Å². The summed E-state index contributed by atoms with van der Waals surface area (Å²) in [6.07, 6.45) is -0.954. The van der Waals surface area contributed by atoms with Crippen LogP contribution in [0.4, 0.5) is 17.4 Å². The second kappa shape index (κ2) is 9.63. The molecule has 3 heterocycles. The number of aromatic nitrogens is 2. The third-order valence-corrected chi connectivity index (χ3v) is 6.17. The first kappa shape index (κ1) is 22.0. The van der Waals surface area contributed by atoms with Crippen molar-refractivity contribution in [3.8, 4) is 11.5 Å². The fourth-order valence-corrected chi connectivity index (χ4v) is 4.33. The van der Waals surface area contributed by atoms with Gasteiger partial charge in [0.15, 0.2) is 0 Å². The van der Waals surface area contributed by atoms with Gasteiger partial charge in [-0.3, -0.25) is 4.79 Å². The molecule has 2 N–H and O–H groups in total. The van der Waals surface area contributed by atoms with Crippen LogP contribution in [0.2, 0.25) is 0 Å². The Hall–Kier alpha value is -4.50. The number of carbonyl (C=O) groups is 1. The third-order valence-electron chi connectivity index (χ3n) is 6.17. The van der Waals surface area contributed by atoms with Crippen LogP contribution < -0.4 is 15.5 Å². The van der Waals surface area contributed by atoms with Gasteiger partial charge in [0, 0.05) is 35.5 Å². The van der Waals surface area contributed by atoms with Crippen molar-refractivity contribution < 1.29 is 13.9 Å². The number of morpholine rings is 1. The number of fused-ring (bicyclic) bond motifs is 1. The number of benzene rings is 3. The largest absolute Gasteiger partial charge is 0.403 e. The van der Waals surface area contributed by atoms with Crippen molar-refractivity contribution in [1.82, 2.24) is 10.2 Å². The number of para-hydroxylation sites is 1. The van der Waals surface area contributed by atoms with E-state index in [1.807, 2.05) is 78.9 Å². The molecule has 2 aliphatic rings. The van der Waals surface area contributed by atoms with E-state index in [9.17, 15) is 4.79 Å². The Bertz CT molecular complexity index is 1390. The number of ether oxygens (including phenoxy) is 1. The highest BCUT2D eigenvalue weighted by molar-refractivity contribution is 6.19. The van der Waals surface area contributed by atoms with Crippen molar-refractivity contribution in [2.24, 2.45) is 4.99 Å². The minimum absolute atomic E-state index is 0.115. The predicted molar refractivity (Wildman–Crippen MR) is 137 cm³/mol. The fraction of sp³-hybridized carbons (Fsp3) is 0.185.